The highest BCUT2D eigenvalue weighted by Gasteiger charge is 2.09. The van der Waals surface area contributed by atoms with Crippen LogP contribution in [-0.2, 0) is 4.79 Å². The normalized spacial score (nSPS) is 11.9. The Morgan fingerprint density at radius 2 is 2.13 bits per heavy atom. The molecule has 0 aromatic rings. The van der Waals surface area contributed by atoms with E-state index in [0.29, 0.717) is 18.9 Å². The van der Waals surface area contributed by atoms with E-state index in [1.165, 1.54) is 0 Å². The van der Waals surface area contributed by atoms with Crippen LogP contribution in [0.3, 0.4) is 0 Å². The molecule has 15 heavy (non-hydrogen) atoms. The van der Waals surface area contributed by atoms with Crippen LogP contribution >= 0.6 is 0 Å². The Morgan fingerprint density at radius 3 is 2.60 bits per heavy atom. The molecule has 0 aromatic heterocycles. The lowest BCUT2D eigenvalue weighted by Gasteiger charge is -2.15. The lowest BCUT2D eigenvalue weighted by Crippen LogP contribution is -2.36. The van der Waals surface area contributed by atoms with E-state index in [9.17, 15) is 4.79 Å². The maximum atomic E-state index is 10.4. The summed E-state index contributed by atoms with van der Waals surface area (Å²) in [5.41, 5.74) is 5.34. The minimum absolute atomic E-state index is 0.359. The molecule has 0 amide bonds. The van der Waals surface area contributed by atoms with Gasteiger partial charge in [-0.15, -0.1) is 0 Å². The Balaban J connectivity index is 3.40. The number of nitrogens with two attached hydrogens (primary N) is 1. The molecule has 0 radical (unpaired) electrons. The number of carboxylic acids is 1. The van der Waals surface area contributed by atoms with Crippen LogP contribution in [0.1, 0.15) is 19.3 Å². The van der Waals surface area contributed by atoms with Gasteiger partial charge in [-0.1, -0.05) is 0 Å². The summed E-state index contributed by atoms with van der Waals surface area (Å²) in [6.45, 7) is 0.670. The van der Waals surface area contributed by atoms with Crippen molar-refractivity contribution in [2.24, 2.45) is 5.73 Å². The number of aliphatic carboxylic acids is 1. The first-order valence-electron chi connectivity index (χ1n) is 4.93. The molecular weight excluding hydrogens is 196 g/mol. The second-order valence-electron chi connectivity index (χ2n) is 3.61. The molecule has 0 rings (SSSR count). The van der Waals surface area contributed by atoms with E-state index >= 15 is 0 Å². The van der Waals surface area contributed by atoms with E-state index in [2.05, 4.69) is 5.32 Å². The van der Waals surface area contributed by atoms with Gasteiger partial charge in [-0.2, -0.15) is 0 Å². The van der Waals surface area contributed by atoms with Crippen molar-refractivity contribution >= 4 is 11.9 Å². The maximum absolute atomic E-state index is 10.4. The van der Waals surface area contributed by atoms with Gasteiger partial charge in [0.1, 0.15) is 6.04 Å². The number of guanidine groups is 1. The number of carbonyl (C=O) groups is 1. The zero-order valence-electron chi connectivity index (χ0n) is 9.29. The van der Waals surface area contributed by atoms with Gasteiger partial charge in [-0.3, -0.25) is 10.2 Å². The third-order valence-corrected chi connectivity index (χ3v) is 2.00. The van der Waals surface area contributed by atoms with Gasteiger partial charge < -0.3 is 21.1 Å². The van der Waals surface area contributed by atoms with Crippen molar-refractivity contribution in [1.82, 2.24) is 10.2 Å². The van der Waals surface area contributed by atoms with Crippen LogP contribution in [0.15, 0.2) is 0 Å². The second-order valence-corrected chi connectivity index (χ2v) is 3.61. The second kappa shape index (κ2) is 7.05. The highest BCUT2D eigenvalue weighted by atomic mass is 16.4. The number of unbranched alkanes of at least 4 members (excludes halogenated alkanes) is 1. The number of carboxylic acid groups (broad SMARTS) is 1. The smallest absolute Gasteiger partial charge is 0.320 e. The molecular formula is C9H20N4O2. The summed E-state index contributed by atoms with van der Waals surface area (Å²) in [4.78, 5) is 12.0. The summed E-state index contributed by atoms with van der Waals surface area (Å²) in [6, 6.07) is -0.765. The molecule has 6 heteroatoms. The lowest BCUT2D eigenvalue weighted by molar-refractivity contribution is -0.138. The van der Waals surface area contributed by atoms with Gasteiger partial charge >= 0.3 is 5.97 Å². The Bertz CT molecular complexity index is 218. The molecule has 0 bridgehead atoms. The monoisotopic (exact) mass is 216 g/mol. The average molecular weight is 216 g/mol. The predicted molar refractivity (Wildman–Crippen MR) is 58.9 cm³/mol. The molecule has 0 fully saturated rings. The van der Waals surface area contributed by atoms with Gasteiger partial charge in [0.2, 0.25) is 0 Å². The molecule has 0 spiro atoms. The van der Waals surface area contributed by atoms with Crippen LogP contribution in [0.4, 0.5) is 0 Å². The van der Waals surface area contributed by atoms with Crippen LogP contribution in [0.25, 0.3) is 0 Å². The molecule has 0 saturated heterocycles. The van der Waals surface area contributed by atoms with Gasteiger partial charge in [0.25, 0.3) is 0 Å². The van der Waals surface area contributed by atoms with Crippen molar-refractivity contribution in [3.05, 3.63) is 0 Å². The number of nitrogens with zero attached hydrogens (tertiary/aromatic N) is 1. The molecule has 5 N–H and O–H groups in total. The van der Waals surface area contributed by atoms with Crippen LogP contribution in [0.5, 0.6) is 0 Å². The number of nitrogens with one attached hydrogen (secondary N) is 2. The summed E-state index contributed by atoms with van der Waals surface area (Å²) in [7, 11) is 3.57. The molecule has 1 atom stereocenters. The fourth-order valence-corrected chi connectivity index (χ4v) is 0.978. The van der Waals surface area contributed by atoms with E-state index < -0.39 is 12.0 Å². The molecule has 6 nitrogen and oxygen atoms in total. The van der Waals surface area contributed by atoms with E-state index in [0.717, 1.165) is 12.8 Å². The lowest BCUT2D eigenvalue weighted by atomic mass is 10.1. The van der Waals surface area contributed by atoms with E-state index in [1.54, 1.807) is 19.0 Å². The summed E-state index contributed by atoms with van der Waals surface area (Å²) in [5, 5.41) is 18.9. The average Bonchev–Trinajstić information content (AvgIpc) is 2.16. The highest BCUT2D eigenvalue weighted by molar-refractivity contribution is 5.75. The minimum atomic E-state index is -0.955. The highest BCUT2D eigenvalue weighted by Crippen LogP contribution is 1.98. The number of rotatable bonds is 6. The zero-order valence-corrected chi connectivity index (χ0v) is 9.29. The van der Waals surface area contributed by atoms with Gasteiger partial charge in [0, 0.05) is 20.6 Å². The van der Waals surface area contributed by atoms with E-state index in [4.69, 9.17) is 16.2 Å². The third kappa shape index (κ3) is 6.73. The Kier molecular flexibility index (Phi) is 6.44. The van der Waals surface area contributed by atoms with Crippen molar-refractivity contribution < 1.29 is 9.90 Å². The van der Waals surface area contributed by atoms with Gasteiger partial charge in [-0.25, -0.2) is 0 Å². The van der Waals surface area contributed by atoms with Crippen LogP contribution in [0.2, 0.25) is 0 Å². The molecule has 0 aromatic carbocycles. The van der Waals surface area contributed by atoms with Gasteiger partial charge in [0.15, 0.2) is 5.96 Å². The van der Waals surface area contributed by atoms with Crippen molar-refractivity contribution in [1.29, 1.82) is 5.41 Å². The summed E-state index contributed by atoms with van der Waals surface area (Å²) >= 11 is 0. The SMILES string of the molecule is CN(C)C(=N)NCCCC[C@H](N)C(=O)O. The largest absolute Gasteiger partial charge is 0.480 e. The fraction of sp³-hybridized carbons (Fsp3) is 0.778. The van der Waals surface area contributed by atoms with Crippen molar-refractivity contribution in [2.75, 3.05) is 20.6 Å². The first-order chi connectivity index (χ1) is 6.95. The molecule has 0 heterocycles. The minimum Gasteiger partial charge on any atom is -0.480 e. The zero-order chi connectivity index (χ0) is 11.8. The quantitative estimate of drug-likeness (QED) is 0.276. The van der Waals surface area contributed by atoms with Gasteiger partial charge in [0.05, 0.1) is 0 Å². The maximum Gasteiger partial charge on any atom is 0.320 e. The van der Waals surface area contributed by atoms with Gasteiger partial charge in [-0.05, 0) is 19.3 Å². The van der Waals surface area contributed by atoms with Crippen LogP contribution < -0.4 is 11.1 Å². The van der Waals surface area contributed by atoms with Crippen LogP contribution in [0, 0.1) is 5.41 Å². The summed E-state index contributed by atoms with van der Waals surface area (Å²) in [6.07, 6.45) is 2.05. The molecule has 88 valence electrons. The van der Waals surface area contributed by atoms with Crippen molar-refractivity contribution in [3.63, 3.8) is 0 Å². The summed E-state index contributed by atoms with van der Waals surface area (Å²) < 4.78 is 0. The first kappa shape index (κ1) is 13.7. The molecule has 0 aliphatic rings. The van der Waals surface area contributed by atoms with Crippen molar-refractivity contribution in [3.8, 4) is 0 Å². The topological polar surface area (TPSA) is 102 Å². The third-order valence-electron chi connectivity index (χ3n) is 2.00. The number of hydrogen-bond donors (Lipinski definition) is 4. The van der Waals surface area contributed by atoms with Crippen LogP contribution in [-0.4, -0.2) is 48.6 Å². The standard InChI is InChI=1S/C9H20N4O2/c1-13(2)9(11)12-6-4-3-5-7(10)8(14)15/h7H,3-6,10H2,1-2H3,(H2,11,12)(H,14,15)/t7-/m0/s1. The van der Waals surface area contributed by atoms with E-state index in [1.807, 2.05) is 0 Å². The van der Waals surface area contributed by atoms with E-state index in [-0.39, 0.29) is 0 Å². The molecule has 0 saturated carbocycles. The fourth-order valence-electron chi connectivity index (χ4n) is 0.978. The Hall–Kier alpha value is -1.30. The summed E-state index contributed by atoms with van der Waals surface area (Å²) in [5.74, 6) is -0.596. The first-order valence-corrected chi connectivity index (χ1v) is 4.93. The molecule has 0 unspecified atom stereocenters. The number of hydrogen-bond acceptors (Lipinski definition) is 3. The van der Waals surface area contributed by atoms with Crippen molar-refractivity contribution in [2.45, 2.75) is 25.3 Å². The molecule has 0 aliphatic heterocycles. The Labute approximate surface area is 89.9 Å². The predicted octanol–water partition coefficient (Wildman–Crippen LogP) is -0.345. The molecule has 0 aliphatic carbocycles. The Morgan fingerprint density at radius 1 is 1.53 bits per heavy atom.